The van der Waals surface area contributed by atoms with Crippen LogP contribution in [0.15, 0.2) is 71.3 Å². The highest BCUT2D eigenvalue weighted by molar-refractivity contribution is 5.99. The molecule has 5 rings (SSSR count). The molecule has 0 bridgehead atoms. The van der Waals surface area contributed by atoms with Gasteiger partial charge in [0.15, 0.2) is 0 Å². The van der Waals surface area contributed by atoms with Crippen LogP contribution < -0.4 is 0 Å². The van der Waals surface area contributed by atoms with Crippen LogP contribution in [0.4, 0.5) is 0 Å². The molecular formula is C33H35NO. The van der Waals surface area contributed by atoms with E-state index in [1.54, 1.807) is 0 Å². The fraction of sp³-hybridized carbons (Fsp3) is 0.303. The van der Waals surface area contributed by atoms with Crippen molar-refractivity contribution in [2.75, 3.05) is 0 Å². The zero-order valence-corrected chi connectivity index (χ0v) is 22.0. The first-order chi connectivity index (χ1) is 16.6. The molecule has 0 atom stereocenters. The third-order valence-electron chi connectivity index (χ3n) is 6.73. The van der Waals surface area contributed by atoms with E-state index in [4.69, 9.17) is 9.40 Å². The highest BCUT2D eigenvalue weighted by Gasteiger charge is 2.17. The summed E-state index contributed by atoms with van der Waals surface area (Å²) in [6.45, 7) is 15.7. The number of aromatic nitrogens is 1. The summed E-state index contributed by atoms with van der Waals surface area (Å²) in [7, 11) is 0. The lowest BCUT2D eigenvalue weighted by molar-refractivity contribution is 0.411. The molecule has 5 aromatic rings. The minimum Gasteiger partial charge on any atom is -0.456 e. The molecule has 0 saturated heterocycles. The number of hydrogen-bond acceptors (Lipinski definition) is 2. The molecule has 0 aliphatic rings. The van der Waals surface area contributed by atoms with Gasteiger partial charge in [-0.3, -0.25) is 4.98 Å². The van der Waals surface area contributed by atoms with E-state index in [9.17, 15) is 0 Å². The topological polar surface area (TPSA) is 26.0 Å². The van der Waals surface area contributed by atoms with Gasteiger partial charge < -0.3 is 4.42 Å². The Morgan fingerprint density at radius 2 is 1.60 bits per heavy atom. The van der Waals surface area contributed by atoms with E-state index >= 15 is 0 Å². The predicted octanol–water partition coefficient (Wildman–Crippen LogP) is 9.64. The fourth-order valence-electron chi connectivity index (χ4n) is 5.28. The Labute approximate surface area is 209 Å². The van der Waals surface area contributed by atoms with Crippen molar-refractivity contribution in [1.82, 2.24) is 4.98 Å². The van der Waals surface area contributed by atoms with E-state index in [-0.39, 0.29) is 5.41 Å². The fourth-order valence-corrected chi connectivity index (χ4v) is 5.28. The van der Waals surface area contributed by atoms with Crippen LogP contribution in [0.2, 0.25) is 0 Å². The molecule has 0 saturated carbocycles. The summed E-state index contributed by atoms with van der Waals surface area (Å²) in [5, 5.41) is 3.70. The van der Waals surface area contributed by atoms with E-state index in [2.05, 4.69) is 103 Å². The van der Waals surface area contributed by atoms with E-state index in [1.165, 1.54) is 33.0 Å². The van der Waals surface area contributed by atoms with Gasteiger partial charge in [-0.05, 0) is 83.3 Å². The second-order valence-corrected chi connectivity index (χ2v) is 11.5. The number of hydrogen-bond donors (Lipinski definition) is 0. The van der Waals surface area contributed by atoms with Crippen LogP contribution >= 0.6 is 0 Å². The SMILES string of the molecule is Cc1cc(C)c2c(C(C)C)cc(-c3nccc4oc(-c5ccc(CC(C)(C)C)cc5)cc34)cc2c1. The maximum atomic E-state index is 6.32. The summed E-state index contributed by atoms with van der Waals surface area (Å²) in [4.78, 5) is 4.83. The standard InChI is InChI=1S/C33H35NO/c1-20(2)27-17-26(16-25-15-21(3)14-22(4)31(25)27)32-28-18-30(35-29(28)12-13-34-32)24-10-8-23(9-11-24)19-33(5,6)7/h8-18,20H,19H2,1-7H3. The molecular weight excluding hydrogens is 426 g/mol. The molecule has 35 heavy (non-hydrogen) atoms. The van der Waals surface area contributed by atoms with Crippen molar-refractivity contribution in [3.63, 3.8) is 0 Å². The molecule has 2 heteroatoms. The van der Waals surface area contributed by atoms with Gasteiger partial charge in [-0.2, -0.15) is 0 Å². The Morgan fingerprint density at radius 3 is 2.29 bits per heavy atom. The van der Waals surface area contributed by atoms with E-state index in [0.717, 1.165) is 40.0 Å². The van der Waals surface area contributed by atoms with Crippen molar-refractivity contribution in [3.8, 4) is 22.6 Å². The van der Waals surface area contributed by atoms with Gasteiger partial charge in [-0.15, -0.1) is 0 Å². The molecule has 2 aromatic heterocycles. The first kappa shape index (κ1) is 23.4. The van der Waals surface area contributed by atoms with Gasteiger partial charge in [0.05, 0.1) is 5.69 Å². The maximum Gasteiger partial charge on any atom is 0.138 e. The van der Waals surface area contributed by atoms with Crippen molar-refractivity contribution >= 4 is 21.7 Å². The van der Waals surface area contributed by atoms with Crippen molar-refractivity contribution in [2.45, 2.75) is 60.8 Å². The molecule has 0 unspecified atom stereocenters. The minimum absolute atomic E-state index is 0.271. The average Bonchev–Trinajstić information content (AvgIpc) is 3.21. The molecule has 2 heterocycles. The van der Waals surface area contributed by atoms with Crippen molar-refractivity contribution in [1.29, 1.82) is 0 Å². The molecule has 0 amide bonds. The van der Waals surface area contributed by atoms with Gasteiger partial charge in [0, 0.05) is 22.7 Å². The third-order valence-corrected chi connectivity index (χ3v) is 6.73. The van der Waals surface area contributed by atoms with Crippen LogP contribution in [-0.2, 0) is 6.42 Å². The maximum absolute atomic E-state index is 6.32. The second kappa shape index (κ2) is 8.68. The number of nitrogens with zero attached hydrogens (tertiary/aromatic N) is 1. The van der Waals surface area contributed by atoms with Crippen LogP contribution in [-0.4, -0.2) is 4.98 Å². The number of aryl methyl sites for hydroxylation is 2. The summed E-state index contributed by atoms with van der Waals surface area (Å²) in [5.41, 5.74) is 9.69. The van der Waals surface area contributed by atoms with Crippen LogP contribution in [0.1, 0.15) is 62.8 Å². The van der Waals surface area contributed by atoms with Gasteiger partial charge in [0.1, 0.15) is 11.3 Å². The average molecular weight is 462 g/mol. The highest BCUT2D eigenvalue weighted by atomic mass is 16.3. The first-order valence-corrected chi connectivity index (χ1v) is 12.6. The smallest absolute Gasteiger partial charge is 0.138 e. The molecule has 0 fully saturated rings. The molecule has 0 aliphatic heterocycles. The van der Waals surface area contributed by atoms with Crippen LogP contribution in [0, 0.1) is 19.3 Å². The van der Waals surface area contributed by atoms with Gasteiger partial charge in [-0.1, -0.05) is 76.6 Å². The normalized spacial score (nSPS) is 12.2. The zero-order valence-electron chi connectivity index (χ0n) is 22.0. The van der Waals surface area contributed by atoms with E-state index in [1.807, 2.05) is 12.3 Å². The molecule has 0 aliphatic carbocycles. The lowest BCUT2D eigenvalue weighted by Crippen LogP contribution is -2.08. The zero-order chi connectivity index (χ0) is 24.9. The highest BCUT2D eigenvalue weighted by Crippen LogP contribution is 2.38. The third kappa shape index (κ3) is 4.62. The molecule has 2 nitrogen and oxygen atoms in total. The summed E-state index contributed by atoms with van der Waals surface area (Å²) in [6.07, 6.45) is 2.92. The minimum atomic E-state index is 0.271. The lowest BCUT2D eigenvalue weighted by Gasteiger charge is -2.18. The lowest BCUT2D eigenvalue weighted by atomic mass is 9.88. The summed E-state index contributed by atoms with van der Waals surface area (Å²) in [5.74, 6) is 1.30. The number of pyridine rings is 1. The second-order valence-electron chi connectivity index (χ2n) is 11.5. The number of benzene rings is 3. The van der Waals surface area contributed by atoms with Crippen molar-refractivity contribution in [2.24, 2.45) is 5.41 Å². The number of rotatable bonds is 4. The molecule has 3 aromatic carbocycles. The Bertz CT molecular complexity index is 1530. The van der Waals surface area contributed by atoms with Gasteiger partial charge in [0.25, 0.3) is 0 Å². The molecule has 178 valence electrons. The Balaban J connectivity index is 1.62. The number of fused-ring (bicyclic) bond motifs is 2. The largest absolute Gasteiger partial charge is 0.456 e. The van der Waals surface area contributed by atoms with Crippen LogP contribution in [0.25, 0.3) is 44.3 Å². The molecule has 0 spiro atoms. The monoisotopic (exact) mass is 461 g/mol. The summed E-state index contributed by atoms with van der Waals surface area (Å²) < 4.78 is 6.32. The first-order valence-electron chi connectivity index (χ1n) is 12.6. The van der Waals surface area contributed by atoms with Crippen molar-refractivity contribution in [3.05, 3.63) is 89.1 Å². The van der Waals surface area contributed by atoms with Crippen molar-refractivity contribution < 1.29 is 4.42 Å². The quantitative estimate of drug-likeness (QED) is 0.266. The summed E-state index contributed by atoms with van der Waals surface area (Å²) in [6, 6.07) is 22.1. The van der Waals surface area contributed by atoms with E-state index < -0.39 is 0 Å². The van der Waals surface area contributed by atoms with Gasteiger partial charge in [0.2, 0.25) is 0 Å². The van der Waals surface area contributed by atoms with Gasteiger partial charge in [-0.25, -0.2) is 0 Å². The summed E-state index contributed by atoms with van der Waals surface area (Å²) >= 11 is 0. The van der Waals surface area contributed by atoms with Crippen LogP contribution in [0.3, 0.4) is 0 Å². The van der Waals surface area contributed by atoms with Gasteiger partial charge >= 0.3 is 0 Å². The molecule has 0 radical (unpaired) electrons. The Kier molecular flexibility index (Phi) is 5.79. The Morgan fingerprint density at radius 1 is 0.857 bits per heavy atom. The molecule has 0 N–H and O–H groups in total. The number of furan rings is 1. The predicted molar refractivity (Wildman–Crippen MR) is 149 cm³/mol. The van der Waals surface area contributed by atoms with E-state index in [0.29, 0.717) is 5.92 Å². The Hall–Kier alpha value is -3.39. The van der Waals surface area contributed by atoms with Crippen LogP contribution in [0.5, 0.6) is 0 Å².